The molecular weight excluding hydrogens is 496 g/mol. The zero-order valence-corrected chi connectivity index (χ0v) is 26.0. The van der Waals surface area contributed by atoms with Gasteiger partial charge in [0.1, 0.15) is 30.5 Å². The molecule has 222 valence electrons. The fourth-order valence-electron chi connectivity index (χ4n) is 5.22. The smallest absolute Gasteiger partial charge is 0.127 e. The van der Waals surface area contributed by atoms with E-state index in [1.54, 1.807) is 7.11 Å². The van der Waals surface area contributed by atoms with Crippen molar-refractivity contribution in [1.82, 2.24) is 9.80 Å². The van der Waals surface area contributed by atoms with E-state index in [-0.39, 0.29) is 0 Å². The molecule has 0 atom stereocenters. The van der Waals surface area contributed by atoms with Crippen LogP contribution in [-0.2, 0) is 0 Å². The molecule has 0 heterocycles. The van der Waals surface area contributed by atoms with E-state index in [0.29, 0.717) is 13.2 Å². The summed E-state index contributed by atoms with van der Waals surface area (Å²) in [5.41, 5.74) is 0. The van der Waals surface area contributed by atoms with Gasteiger partial charge in [0, 0.05) is 18.5 Å². The highest BCUT2D eigenvalue weighted by atomic mass is 16.5. The molecule has 0 fully saturated rings. The fraction of sp³-hybridized carbons (Fsp3) is 0.600. The van der Waals surface area contributed by atoms with Gasteiger partial charge < -0.3 is 14.2 Å². The Morgan fingerprint density at radius 2 is 1.00 bits per heavy atom. The second-order valence-electron chi connectivity index (χ2n) is 11.0. The van der Waals surface area contributed by atoms with Gasteiger partial charge in [-0.15, -0.1) is 0 Å². The number of ether oxygens (including phenoxy) is 3. The standard InChI is InChI=1S/C35H54N2O3/c1-6-10-18-36(19-11-7-2)22-24-39-30-14-16-32-29(26-30)27-35(38-5)34-28-31(15-17-33(32)34)40-25-23-37(20-12-8-3)21-13-9-4/h14-17,26-28H,6-13,18-25H2,1-5H3. The summed E-state index contributed by atoms with van der Waals surface area (Å²) in [5, 5.41) is 4.59. The third-order valence-electron chi connectivity index (χ3n) is 7.74. The number of nitrogens with zero attached hydrogens (tertiary/aromatic N) is 2. The third kappa shape index (κ3) is 9.85. The van der Waals surface area contributed by atoms with Gasteiger partial charge in [0.15, 0.2) is 0 Å². The van der Waals surface area contributed by atoms with Gasteiger partial charge in [0.05, 0.1) is 7.11 Å². The van der Waals surface area contributed by atoms with Crippen LogP contribution in [0, 0.1) is 0 Å². The van der Waals surface area contributed by atoms with Gasteiger partial charge in [0.25, 0.3) is 0 Å². The molecule has 0 aliphatic rings. The molecule has 5 nitrogen and oxygen atoms in total. The molecule has 3 aromatic carbocycles. The molecule has 40 heavy (non-hydrogen) atoms. The molecule has 5 heteroatoms. The molecule has 0 radical (unpaired) electrons. The largest absolute Gasteiger partial charge is 0.496 e. The van der Waals surface area contributed by atoms with Crippen LogP contribution in [0.25, 0.3) is 21.5 Å². The SMILES string of the molecule is CCCCN(CCCC)CCOc1ccc2c(c1)cc(OC)c1cc(OCCN(CCCC)CCCC)ccc12. The maximum Gasteiger partial charge on any atom is 0.127 e. The van der Waals surface area contributed by atoms with Gasteiger partial charge in [-0.3, -0.25) is 9.80 Å². The molecule has 0 saturated heterocycles. The molecule has 0 saturated carbocycles. The second-order valence-corrected chi connectivity index (χ2v) is 11.0. The van der Waals surface area contributed by atoms with Crippen molar-refractivity contribution in [3.05, 3.63) is 42.5 Å². The van der Waals surface area contributed by atoms with E-state index in [1.807, 2.05) is 0 Å². The van der Waals surface area contributed by atoms with Crippen molar-refractivity contribution >= 4 is 21.5 Å². The molecule has 0 aliphatic heterocycles. The van der Waals surface area contributed by atoms with Crippen molar-refractivity contribution in [3.63, 3.8) is 0 Å². The van der Waals surface area contributed by atoms with Gasteiger partial charge >= 0.3 is 0 Å². The van der Waals surface area contributed by atoms with Gasteiger partial charge in [-0.2, -0.15) is 0 Å². The van der Waals surface area contributed by atoms with Crippen molar-refractivity contribution in [2.45, 2.75) is 79.1 Å². The number of hydrogen-bond donors (Lipinski definition) is 0. The highest BCUT2D eigenvalue weighted by Gasteiger charge is 2.11. The number of benzene rings is 3. The zero-order valence-electron chi connectivity index (χ0n) is 26.0. The topological polar surface area (TPSA) is 34.2 Å². The first-order chi connectivity index (χ1) is 19.6. The molecular formula is C35H54N2O3. The van der Waals surface area contributed by atoms with Gasteiger partial charge in [-0.1, -0.05) is 59.4 Å². The van der Waals surface area contributed by atoms with E-state index >= 15 is 0 Å². The van der Waals surface area contributed by atoms with Crippen molar-refractivity contribution in [2.75, 3.05) is 59.6 Å². The quantitative estimate of drug-likeness (QED) is 0.124. The van der Waals surface area contributed by atoms with Crippen LogP contribution in [0.4, 0.5) is 0 Å². The average Bonchev–Trinajstić information content (AvgIpc) is 2.98. The van der Waals surface area contributed by atoms with Gasteiger partial charge in [-0.25, -0.2) is 0 Å². The number of methoxy groups -OCH3 is 1. The van der Waals surface area contributed by atoms with Crippen LogP contribution >= 0.6 is 0 Å². The fourth-order valence-corrected chi connectivity index (χ4v) is 5.22. The first kappa shape index (κ1) is 32.0. The minimum atomic E-state index is 0.698. The Morgan fingerprint density at radius 3 is 1.48 bits per heavy atom. The minimum Gasteiger partial charge on any atom is -0.496 e. The molecule has 3 aromatic rings. The predicted molar refractivity (Wildman–Crippen MR) is 172 cm³/mol. The number of rotatable bonds is 21. The van der Waals surface area contributed by atoms with Crippen LogP contribution in [-0.4, -0.2) is 69.4 Å². The summed E-state index contributed by atoms with van der Waals surface area (Å²) in [5.74, 6) is 2.67. The highest BCUT2D eigenvalue weighted by molar-refractivity contribution is 6.11. The van der Waals surface area contributed by atoms with E-state index in [1.165, 1.54) is 62.1 Å². The van der Waals surface area contributed by atoms with E-state index in [0.717, 1.165) is 67.3 Å². The third-order valence-corrected chi connectivity index (χ3v) is 7.74. The Labute approximate surface area is 243 Å². The summed E-state index contributed by atoms with van der Waals surface area (Å²) < 4.78 is 18.3. The Bertz CT molecular complexity index is 1120. The lowest BCUT2D eigenvalue weighted by Gasteiger charge is -2.22. The van der Waals surface area contributed by atoms with Crippen molar-refractivity contribution in [2.24, 2.45) is 0 Å². The molecule has 0 spiro atoms. The van der Waals surface area contributed by atoms with Gasteiger partial charge in [0.2, 0.25) is 0 Å². The predicted octanol–water partition coefficient (Wildman–Crippen LogP) is 8.56. The van der Waals surface area contributed by atoms with E-state index < -0.39 is 0 Å². The summed E-state index contributed by atoms with van der Waals surface area (Å²) in [6.07, 6.45) is 9.90. The van der Waals surface area contributed by atoms with Crippen LogP contribution in [0.1, 0.15) is 79.1 Å². The summed E-state index contributed by atoms with van der Waals surface area (Å²) in [7, 11) is 1.75. The van der Waals surface area contributed by atoms with Crippen LogP contribution < -0.4 is 14.2 Å². The lowest BCUT2D eigenvalue weighted by atomic mass is 10.0. The maximum atomic E-state index is 6.23. The molecule has 0 N–H and O–H groups in total. The van der Waals surface area contributed by atoms with Crippen molar-refractivity contribution in [1.29, 1.82) is 0 Å². The summed E-state index contributed by atoms with van der Waals surface area (Å²) >= 11 is 0. The Kier molecular flexibility index (Phi) is 14.4. The molecule has 3 rings (SSSR count). The number of unbranched alkanes of at least 4 members (excludes halogenated alkanes) is 4. The maximum absolute atomic E-state index is 6.23. The molecule has 0 aromatic heterocycles. The zero-order chi connectivity index (χ0) is 28.6. The Morgan fingerprint density at radius 1 is 0.525 bits per heavy atom. The van der Waals surface area contributed by atoms with Crippen LogP contribution in [0.5, 0.6) is 17.2 Å². The second kappa shape index (κ2) is 18.0. The van der Waals surface area contributed by atoms with Crippen molar-refractivity contribution in [3.8, 4) is 17.2 Å². The molecule has 0 bridgehead atoms. The average molecular weight is 551 g/mol. The first-order valence-corrected chi connectivity index (χ1v) is 15.9. The van der Waals surface area contributed by atoms with E-state index in [9.17, 15) is 0 Å². The normalized spacial score (nSPS) is 11.7. The molecule has 0 amide bonds. The number of hydrogen-bond acceptors (Lipinski definition) is 5. The van der Waals surface area contributed by atoms with Crippen LogP contribution in [0.3, 0.4) is 0 Å². The monoisotopic (exact) mass is 550 g/mol. The van der Waals surface area contributed by atoms with Crippen LogP contribution in [0.15, 0.2) is 42.5 Å². The van der Waals surface area contributed by atoms with Gasteiger partial charge in [-0.05, 0) is 104 Å². The van der Waals surface area contributed by atoms with E-state index in [4.69, 9.17) is 14.2 Å². The summed E-state index contributed by atoms with van der Waals surface area (Å²) in [6.45, 7) is 17.0. The Balaban J connectivity index is 1.68. The molecule has 0 aliphatic carbocycles. The van der Waals surface area contributed by atoms with Crippen molar-refractivity contribution < 1.29 is 14.2 Å². The highest BCUT2D eigenvalue weighted by Crippen LogP contribution is 2.37. The van der Waals surface area contributed by atoms with E-state index in [2.05, 4.69) is 80.0 Å². The number of fused-ring (bicyclic) bond motifs is 3. The molecule has 0 unspecified atom stereocenters. The lowest BCUT2D eigenvalue weighted by molar-refractivity contribution is 0.204. The minimum absolute atomic E-state index is 0.698. The van der Waals surface area contributed by atoms with Crippen LogP contribution in [0.2, 0.25) is 0 Å². The Hall–Kier alpha value is -2.50. The lowest BCUT2D eigenvalue weighted by Crippen LogP contribution is -2.30. The summed E-state index contributed by atoms with van der Waals surface area (Å²) in [6, 6.07) is 14.9. The first-order valence-electron chi connectivity index (χ1n) is 15.9. The summed E-state index contributed by atoms with van der Waals surface area (Å²) in [4.78, 5) is 5.08.